The van der Waals surface area contributed by atoms with Gasteiger partial charge in [-0.25, -0.2) is 9.97 Å². The molecule has 21 heavy (non-hydrogen) atoms. The van der Waals surface area contributed by atoms with E-state index in [0.717, 1.165) is 49.6 Å². The lowest BCUT2D eigenvalue weighted by atomic mass is 10.2. The van der Waals surface area contributed by atoms with E-state index in [0.29, 0.717) is 0 Å². The Labute approximate surface area is 129 Å². The molecule has 1 saturated heterocycles. The molecule has 1 aliphatic rings. The number of para-hydroxylation sites is 1. The van der Waals surface area contributed by atoms with Gasteiger partial charge in [0.1, 0.15) is 5.82 Å². The standard InChI is InChI=1S/C15H19ClN4O/c1-11(10-20-6-8-21-9-7-20)17-14-12-4-2-3-5-13(12)18-15(16)19-14/h2-5,11H,6-10H2,1H3,(H,17,18,19). The third kappa shape index (κ3) is 3.61. The average Bonchev–Trinajstić information content (AvgIpc) is 2.48. The highest BCUT2D eigenvalue weighted by molar-refractivity contribution is 6.28. The lowest BCUT2D eigenvalue weighted by molar-refractivity contribution is 0.0368. The molecule has 0 amide bonds. The van der Waals surface area contributed by atoms with Gasteiger partial charge in [0, 0.05) is 31.1 Å². The highest BCUT2D eigenvalue weighted by Gasteiger charge is 2.15. The van der Waals surface area contributed by atoms with Crippen LogP contribution in [-0.2, 0) is 4.74 Å². The summed E-state index contributed by atoms with van der Waals surface area (Å²) in [4.78, 5) is 11.0. The van der Waals surface area contributed by atoms with Gasteiger partial charge in [-0.05, 0) is 30.7 Å². The molecule has 112 valence electrons. The van der Waals surface area contributed by atoms with Crippen molar-refractivity contribution in [2.45, 2.75) is 13.0 Å². The van der Waals surface area contributed by atoms with Crippen molar-refractivity contribution in [2.24, 2.45) is 0 Å². The third-order valence-corrected chi connectivity index (χ3v) is 3.76. The molecule has 0 spiro atoms. The smallest absolute Gasteiger partial charge is 0.224 e. The predicted molar refractivity (Wildman–Crippen MR) is 84.9 cm³/mol. The number of ether oxygens (including phenoxy) is 1. The molecule has 0 saturated carbocycles. The number of aromatic nitrogens is 2. The Morgan fingerprint density at radius 3 is 2.86 bits per heavy atom. The van der Waals surface area contributed by atoms with Gasteiger partial charge in [-0.1, -0.05) is 12.1 Å². The van der Waals surface area contributed by atoms with Crippen molar-refractivity contribution in [1.29, 1.82) is 0 Å². The first-order valence-corrected chi connectivity index (χ1v) is 7.59. The molecule has 1 fully saturated rings. The van der Waals surface area contributed by atoms with E-state index in [9.17, 15) is 0 Å². The summed E-state index contributed by atoms with van der Waals surface area (Å²) in [5.74, 6) is 0.798. The number of morpholine rings is 1. The quantitative estimate of drug-likeness (QED) is 0.879. The Bertz CT molecular complexity index is 616. The van der Waals surface area contributed by atoms with Gasteiger partial charge in [0.05, 0.1) is 18.7 Å². The van der Waals surface area contributed by atoms with E-state index >= 15 is 0 Å². The topological polar surface area (TPSA) is 50.3 Å². The average molecular weight is 307 g/mol. The van der Waals surface area contributed by atoms with Crippen LogP contribution in [0.5, 0.6) is 0 Å². The van der Waals surface area contributed by atoms with Crippen molar-refractivity contribution in [1.82, 2.24) is 14.9 Å². The number of rotatable bonds is 4. The van der Waals surface area contributed by atoms with Crippen molar-refractivity contribution in [3.63, 3.8) is 0 Å². The Balaban J connectivity index is 1.74. The number of hydrogen-bond acceptors (Lipinski definition) is 5. The molecule has 6 heteroatoms. The van der Waals surface area contributed by atoms with E-state index in [1.165, 1.54) is 0 Å². The maximum atomic E-state index is 6.01. The summed E-state index contributed by atoms with van der Waals surface area (Å²) in [6.45, 7) is 6.71. The summed E-state index contributed by atoms with van der Waals surface area (Å²) in [7, 11) is 0. The molecule has 1 aromatic carbocycles. The number of fused-ring (bicyclic) bond motifs is 1. The third-order valence-electron chi connectivity index (χ3n) is 3.59. The summed E-state index contributed by atoms with van der Waals surface area (Å²) in [6, 6.07) is 8.16. The van der Waals surface area contributed by atoms with Gasteiger partial charge in [0.15, 0.2) is 0 Å². The van der Waals surface area contributed by atoms with E-state index in [-0.39, 0.29) is 11.3 Å². The van der Waals surface area contributed by atoms with Gasteiger partial charge in [-0.3, -0.25) is 4.90 Å². The first-order valence-electron chi connectivity index (χ1n) is 7.21. The van der Waals surface area contributed by atoms with Gasteiger partial charge >= 0.3 is 0 Å². The molecule has 1 aliphatic heterocycles. The molecule has 0 aliphatic carbocycles. The number of nitrogens with one attached hydrogen (secondary N) is 1. The second-order valence-corrected chi connectivity index (χ2v) is 5.65. The minimum atomic E-state index is 0.273. The highest BCUT2D eigenvalue weighted by Crippen LogP contribution is 2.22. The minimum absolute atomic E-state index is 0.273. The maximum Gasteiger partial charge on any atom is 0.224 e. The SMILES string of the molecule is CC(CN1CCOCC1)Nc1nc(Cl)nc2ccccc12. The van der Waals surface area contributed by atoms with Gasteiger partial charge < -0.3 is 10.1 Å². The first-order chi connectivity index (χ1) is 10.2. The van der Waals surface area contributed by atoms with Gasteiger partial charge in [-0.15, -0.1) is 0 Å². The fraction of sp³-hybridized carbons (Fsp3) is 0.467. The lowest BCUT2D eigenvalue weighted by Crippen LogP contribution is -2.42. The highest BCUT2D eigenvalue weighted by atomic mass is 35.5. The summed E-state index contributed by atoms with van der Waals surface area (Å²) in [5, 5.41) is 4.72. The van der Waals surface area contributed by atoms with Crippen LogP contribution in [0.1, 0.15) is 6.92 Å². The van der Waals surface area contributed by atoms with Gasteiger partial charge in [0.2, 0.25) is 5.28 Å². The van der Waals surface area contributed by atoms with Crippen LogP contribution in [0.3, 0.4) is 0 Å². The molecule has 1 N–H and O–H groups in total. The predicted octanol–water partition coefficient (Wildman–Crippen LogP) is 2.42. The molecule has 1 unspecified atom stereocenters. The largest absolute Gasteiger partial charge is 0.379 e. The van der Waals surface area contributed by atoms with Gasteiger partial charge in [-0.2, -0.15) is 0 Å². The zero-order valence-electron chi connectivity index (χ0n) is 12.1. The Kier molecular flexibility index (Phi) is 4.53. The van der Waals surface area contributed by atoms with Crippen molar-refractivity contribution in [3.8, 4) is 0 Å². The van der Waals surface area contributed by atoms with Crippen LogP contribution in [0.4, 0.5) is 5.82 Å². The maximum absolute atomic E-state index is 6.01. The first kappa shape index (κ1) is 14.5. The molecule has 0 bridgehead atoms. The summed E-state index contributed by atoms with van der Waals surface area (Å²) in [5.41, 5.74) is 0.860. The van der Waals surface area contributed by atoms with Crippen LogP contribution < -0.4 is 5.32 Å². The van der Waals surface area contributed by atoms with Crippen molar-refractivity contribution >= 4 is 28.3 Å². The number of halogens is 1. The number of hydrogen-bond donors (Lipinski definition) is 1. The molecular formula is C15H19ClN4O. The van der Waals surface area contributed by atoms with E-state index in [2.05, 4.69) is 27.1 Å². The summed E-state index contributed by atoms with van der Waals surface area (Å²) < 4.78 is 5.37. The fourth-order valence-corrected chi connectivity index (χ4v) is 2.78. The van der Waals surface area contributed by atoms with Crippen LogP contribution in [0.25, 0.3) is 10.9 Å². The zero-order valence-corrected chi connectivity index (χ0v) is 12.8. The Morgan fingerprint density at radius 2 is 2.05 bits per heavy atom. The Hall–Kier alpha value is -1.43. The van der Waals surface area contributed by atoms with E-state index in [1.807, 2.05) is 24.3 Å². The number of anilines is 1. The molecule has 1 atom stereocenters. The molecule has 2 aromatic rings. The van der Waals surface area contributed by atoms with Gasteiger partial charge in [0.25, 0.3) is 0 Å². The van der Waals surface area contributed by atoms with Crippen LogP contribution in [-0.4, -0.2) is 53.8 Å². The second kappa shape index (κ2) is 6.56. The van der Waals surface area contributed by atoms with Crippen molar-refractivity contribution < 1.29 is 4.74 Å². The molecule has 1 aromatic heterocycles. The monoisotopic (exact) mass is 306 g/mol. The van der Waals surface area contributed by atoms with Crippen molar-refractivity contribution in [3.05, 3.63) is 29.5 Å². The van der Waals surface area contributed by atoms with Crippen LogP contribution >= 0.6 is 11.6 Å². The van der Waals surface area contributed by atoms with Crippen LogP contribution in [0.15, 0.2) is 24.3 Å². The normalized spacial score (nSPS) is 17.8. The van der Waals surface area contributed by atoms with Crippen LogP contribution in [0.2, 0.25) is 5.28 Å². The molecular weight excluding hydrogens is 288 g/mol. The minimum Gasteiger partial charge on any atom is -0.379 e. The fourth-order valence-electron chi connectivity index (χ4n) is 2.61. The number of nitrogens with zero attached hydrogens (tertiary/aromatic N) is 3. The summed E-state index contributed by atoms with van der Waals surface area (Å²) >= 11 is 6.01. The second-order valence-electron chi connectivity index (χ2n) is 5.32. The number of benzene rings is 1. The Morgan fingerprint density at radius 1 is 1.29 bits per heavy atom. The van der Waals surface area contributed by atoms with Crippen molar-refractivity contribution in [2.75, 3.05) is 38.2 Å². The van der Waals surface area contributed by atoms with E-state index in [4.69, 9.17) is 16.3 Å². The van der Waals surface area contributed by atoms with E-state index < -0.39 is 0 Å². The molecule has 0 radical (unpaired) electrons. The van der Waals surface area contributed by atoms with E-state index in [1.54, 1.807) is 0 Å². The molecule has 5 nitrogen and oxygen atoms in total. The molecule has 2 heterocycles. The zero-order chi connectivity index (χ0) is 14.7. The summed E-state index contributed by atoms with van der Waals surface area (Å²) in [6.07, 6.45) is 0. The lowest BCUT2D eigenvalue weighted by Gasteiger charge is -2.29. The van der Waals surface area contributed by atoms with Crippen LogP contribution in [0, 0.1) is 0 Å². The molecule has 3 rings (SSSR count).